The van der Waals surface area contributed by atoms with E-state index in [0.29, 0.717) is 5.92 Å². The van der Waals surface area contributed by atoms with Gasteiger partial charge in [0.1, 0.15) is 5.75 Å². The third-order valence-electron chi connectivity index (χ3n) is 4.38. The number of benzene rings is 2. The van der Waals surface area contributed by atoms with Crippen molar-refractivity contribution in [3.05, 3.63) is 60.2 Å². The van der Waals surface area contributed by atoms with Crippen molar-refractivity contribution in [1.29, 1.82) is 0 Å². The Morgan fingerprint density at radius 3 is 2.35 bits per heavy atom. The lowest BCUT2D eigenvalue weighted by molar-refractivity contribution is -0.118. The van der Waals surface area contributed by atoms with E-state index < -0.39 is 0 Å². The first-order chi connectivity index (χ1) is 11.3. The van der Waals surface area contributed by atoms with Crippen molar-refractivity contribution in [2.75, 3.05) is 11.9 Å². The smallest absolute Gasteiger partial charge is 0.262 e. The zero-order valence-corrected chi connectivity index (χ0v) is 13.3. The Hall–Kier alpha value is -2.29. The second-order valence-corrected chi connectivity index (χ2v) is 6.11. The summed E-state index contributed by atoms with van der Waals surface area (Å²) in [4.78, 5) is 11.9. The van der Waals surface area contributed by atoms with Crippen LogP contribution in [0.3, 0.4) is 0 Å². The quantitative estimate of drug-likeness (QED) is 0.865. The van der Waals surface area contributed by atoms with Crippen LogP contribution in [0.4, 0.5) is 5.69 Å². The summed E-state index contributed by atoms with van der Waals surface area (Å²) in [6.45, 7) is 0.0255. The first kappa shape index (κ1) is 15.6. The van der Waals surface area contributed by atoms with Crippen LogP contribution in [0, 0.1) is 0 Å². The van der Waals surface area contributed by atoms with Crippen LogP contribution in [-0.4, -0.2) is 12.5 Å². The number of para-hydroxylation sites is 1. The zero-order chi connectivity index (χ0) is 15.9. The Kier molecular flexibility index (Phi) is 5.30. The van der Waals surface area contributed by atoms with Gasteiger partial charge in [0, 0.05) is 5.69 Å². The molecule has 120 valence electrons. The molecule has 0 unspecified atom stereocenters. The van der Waals surface area contributed by atoms with Gasteiger partial charge in [-0.15, -0.1) is 0 Å². The summed E-state index contributed by atoms with van der Waals surface area (Å²) in [5.74, 6) is 1.29. The highest BCUT2D eigenvalue weighted by atomic mass is 16.5. The van der Waals surface area contributed by atoms with Crippen LogP contribution < -0.4 is 10.1 Å². The molecule has 1 aliphatic rings. The molecular formula is C20H23NO2. The van der Waals surface area contributed by atoms with Crippen molar-refractivity contribution < 1.29 is 9.53 Å². The molecule has 0 heterocycles. The summed E-state index contributed by atoms with van der Waals surface area (Å²) in [5.41, 5.74) is 2.18. The maximum absolute atomic E-state index is 11.9. The predicted octanol–water partition coefficient (Wildman–Crippen LogP) is 4.75. The number of ether oxygens (including phenoxy) is 1. The van der Waals surface area contributed by atoms with E-state index in [0.717, 1.165) is 11.4 Å². The number of anilines is 1. The summed E-state index contributed by atoms with van der Waals surface area (Å²) >= 11 is 0. The van der Waals surface area contributed by atoms with Gasteiger partial charge in [-0.25, -0.2) is 0 Å². The molecule has 2 aromatic rings. The zero-order valence-electron chi connectivity index (χ0n) is 13.3. The Morgan fingerprint density at radius 1 is 0.957 bits per heavy atom. The molecule has 0 bridgehead atoms. The fourth-order valence-corrected chi connectivity index (χ4v) is 3.14. The van der Waals surface area contributed by atoms with E-state index in [1.54, 1.807) is 0 Å². The first-order valence-corrected chi connectivity index (χ1v) is 8.39. The Labute approximate surface area is 137 Å². The average Bonchev–Trinajstić information content (AvgIpc) is 2.62. The molecule has 1 N–H and O–H groups in total. The summed E-state index contributed by atoms with van der Waals surface area (Å²) in [5, 5.41) is 2.81. The van der Waals surface area contributed by atoms with Crippen molar-refractivity contribution in [1.82, 2.24) is 0 Å². The minimum atomic E-state index is -0.146. The topological polar surface area (TPSA) is 38.3 Å². The largest absolute Gasteiger partial charge is 0.484 e. The first-order valence-electron chi connectivity index (χ1n) is 8.39. The average molecular weight is 309 g/mol. The molecule has 2 aromatic carbocycles. The summed E-state index contributed by atoms with van der Waals surface area (Å²) < 4.78 is 5.57. The van der Waals surface area contributed by atoms with Crippen LogP contribution in [0.25, 0.3) is 0 Å². The molecule has 0 aromatic heterocycles. The molecule has 0 saturated heterocycles. The summed E-state index contributed by atoms with van der Waals surface area (Å²) in [6.07, 6.45) is 6.62. The SMILES string of the molecule is O=C(COc1ccc(C2CCCCC2)cc1)Nc1ccccc1. The minimum absolute atomic E-state index is 0.0255. The van der Waals surface area contributed by atoms with Crippen LogP contribution in [0.5, 0.6) is 5.75 Å². The van der Waals surface area contributed by atoms with Gasteiger partial charge < -0.3 is 10.1 Å². The second kappa shape index (κ2) is 7.82. The molecule has 1 aliphatic carbocycles. The molecule has 0 spiro atoms. The number of hydrogen-bond donors (Lipinski definition) is 1. The highest BCUT2D eigenvalue weighted by Crippen LogP contribution is 2.33. The summed E-state index contributed by atoms with van der Waals surface area (Å²) in [6, 6.07) is 17.6. The third-order valence-corrected chi connectivity index (χ3v) is 4.38. The number of amides is 1. The molecule has 1 saturated carbocycles. The maximum Gasteiger partial charge on any atom is 0.262 e. The van der Waals surface area contributed by atoms with E-state index in [9.17, 15) is 4.79 Å². The number of nitrogens with one attached hydrogen (secondary N) is 1. The highest BCUT2D eigenvalue weighted by molar-refractivity contribution is 5.91. The molecule has 23 heavy (non-hydrogen) atoms. The van der Waals surface area contributed by atoms with Gasteiger partial charge >= 0.3 is 0 Å². The number of carbonyl (C=O) groups is 1. The molecule has 3 nitrogen and oxygen atoms in total. The monoisotopic (exact) mass is 309 g/mol. The molecule has 0 atom stereocenters. The van der Waals surface area contributed by atoms with Crippen LogP contribution in [0.2, 0.25) is 0 Å². The van der Waals surface area contributed by atoms with Gasteiger partial charge in [-0.05, 0) is 48.6 Å². The van der Waals surface area contributed by atoms with Gasteiger partial charge in [0.2, 0.25) is 0 Å². The lowest BCUT2D eigenvalue weighted by Crippen LogP contribution is -2.20. The molecule has 3 rings (SSSR count). The van der Waals surface area contributed by atoms with Crippen LogP contribution in [0.15, 0.2) is 54.6 Å². The molecule has 1 fully saturated rings. The Bertz CT molecular complexity index is 616. The maximum atomic E-state index is 11.9. The lowest BCUT2D eigenvalue weighted by Gasteiger charge is -2.22. The normalized spacial score (nSPS) is 15.1. The number of rotatable bonds is 5. The van der Waals surface area contributed by atoms with Crippen LogP contribution in [-0.2, 0) is 4.79 Å². The van der Waals surface area contributed by atoms with Crippen LogP contribution in [0.1, 0.15) is 43.6 Å². The second-order valence-electron chi connectivity index (χ2n) is 6.11. The number of carbonyl (C=O) groups excluding carboxylic acids is 1. The van der Waals surface area contributed by atoms with Gasteiger partial charge in [-0.2, -0.15) is 0 Å². The highest BCUT2D eigenvalue weighted by Gasteiger charge is 2.15. The summed E-state index contributed by atoms with van der Waals surface area (Å²) in [7, 11) is 0. The predicted molar refractivity (Wildman–Crippen MR) is 92.8 cm³/mol. The molecular weight excluding hydrogens is 286 g/mol. The molecule has 0 radical (unpaired) electrons. The van der Waals surface area contributed by atoms with E-state index in [2.05, 4.69) is 17.4 Å². The van der Waals surface area contributed by atoms with Gasteiger partial charge in [0.15, 0.2) is 6.61 Å². The fourth-order valence-electron chi connectivity index (χ4n) is 3.14. The van der Waals surface area contributed by atoms with Gasteiger partial charge in [-0.1, -0.05) is 49.6 Å². The Morgan fingerprint density at radius 2 is 1.65 bits per heavy atom. The van der Waals surface area contributed by atoms with E-state index in [-0.39, 0.29) is 12.5 Å². The minimum Gasteiger partial charge on any atom is -0.484 e. The third kappa shape index (κ3) is 4.59. The fraction of sp³-hybridized carbons (Fsp3) is 0.350. The van der Waals surface area contributed by atoms with Crippen LogP contribution >= 0.6 is 0 Å². The van der Waals surface area contributed by atoms with E-state index in [4.69, 9.17) is 4.74 Å². The molecule has 3 heteroatoms. The van der Waals surface area contributed by atoms with E-state index in [1.165, 1.54) is 37.7 Å². The van der Waals surface area contributed by atoms with E-state index in [1.807, 2.05) is 42.5 Å². The lowest BCUT2D eigenvalue weighted by atomic mass is 9.84. The van der Waals surface area contributed by atoms with Crippen molar-refractivity contribution >= 4 is 11.6 Å². The number of hydrogen-bond acceptors (Lipinski definition) is 2. The van der Waals surface area contributed by atoms with Crippen molar-refractivity contribution in [2.45, 2.75) is 38.0 Å². The Balaban J connectivity index is 1.49. The van der Waals surface area contributed by atoms with Gasteiger partial charge in [0.25, 0.3) is 5.91 Å². The molecule has 0 aliphatic heterocycles. The van der Waals surface area contributed by atoms with Gasteiger partial charge in [0.05, 0.1) is 0 Å². The molecule has 1 amide bonds. The van der Waals surface area contributed by atoms with Gasteiger partial charge in [-0.3, -0.25) is 4.79 Å². The van der Waals surface area contributed by atoms with Crippen molar-refractivity contribution in [3.8, 4) is 5.75 Å². The van der Waals surface area contributed by atoms with E-state index >= 15 is 0 Å². The van der Waals surface area contributed by atoms with Crippen molar-refractivity contribution in [2.24, 2.45) is 0 Å². The van der Waals surface area contributed by atoms with Crippen molar-refractivity contribution in [3.63, 3.8) is 0 Å². The standard InChI is InChI=1S/C20H23NO2/c22-20(21-18-9-5-2-6-10-18)15-23-19-13-11-17(12-14-19)16-7-3-1-4-8-16/h2,5-6,9-14,16H,1,3-4,7-8,15H2,(H,21,22).